The van der Waals surface area contributed by atoms with Gasteiger partial charge in [-0.2, -0.15) is 10.1 Å². The van der Waals surface area contributed by atoms with Crippen LogP contribution in [0.3, 0.4) is 0 Å². The molecule has 6 nitrogen and oxygen atoms in total. The van der Waals surface area contributed by atoms with Crippen LogP contribution in [-0.2, 0) is 0 Å². The molecule has 0 aliphatic carbocycles. The third-order valence-electron chi connectivity index (χ3n) is 3.35. The van der Waals surface area contributed by atoms with Crippen molar-refractivity contribution in [1.29, 1.82) is 0 Å². The highest BCUT2D eigenvalue weighted by Gasteiger charge is 2.08. The predicted molar refractivity (Wildman–Crippen MR) is 101 cm³/mol. The number of nitrogens with one attached hydrogen (secondary N) is 2. The lowest BCUT2D eigenvalue weighted by atomic mass is 10.2. The zero-order valence-electron chi connectivity index (χ0n) is 13.5. The minimum Gasteiger partial charge on any atom is -0.495 e. The summed E-state index contributed by atoms with van der Waals surface area (Å²) in [6, 6.07) is 10.9. The van der Waals surface area contributed by atoms with Crippen LogP contribution in [0.2, 0.25) is 10.0 Å². The van der Waals surface area contributed by atoms with Crippen molar-refractivity contribution >= 4 is 46.3 Å². The van der Waals surface area contributed by atoms with Crippen LogP contribution in [-0.4, -0.2) is 22.3 Å². The summed E-state index contributed by atoms with van der Waals surface area (Å²) in [7, 11) is 1.61. The van der Waals surface area contributed by atoms with E-state index in [9.17, 15) is 0 Å². The molecule has 0 fully saturated rings. The average Bonchev–Trinajstić information content (AvgIpc) is 2.58. The van der Waals surface area contributed by atoms with Crippen LogP contribution in [0.1, 0.15) is 5.56 Å². The highest BCUT2D eigenvalue weighted by Crippen LogP contribution is 2.29. The van der Waals surface area contributed by atoms with Crippen molar-refractivity contribution in [2.45, 2.75) is 6.92 Å². The molecule has 0 atom stereocenters. The summed E-state index contributed by atoms with van der Waals surface area (Å²) in [5.74, 6) is 1.53. The second-order valence-corrected chi connectivity index (χ2v) is 6.09. The molecule has 0 aliphatic heterocycles. The van der Waals surface area contributed by atoms with Crippen LogP contribution in [0.25, 0.3) is 0 Å². The summed E-state index contributed by atoms with van der Waals surface area (Å²) in [6.45, 7) is 2.00. The number of ether oxygens (including phenoxy) is 1. The van der Waals surface area contributed by atoms with Gasteiger partial charge in [0.1, 0.15) is 5.75 Å². The van der Waals surface area contributed by atoms with E-state index in [1.54, 1.807) is 25.3 Å². The number of halogens is 2. The molecule has 128 valence electrons. The number of nitrogens with zero attached hydrogens (tertiary/aromatic N) is 3. The van der Waals surface area contributed by atoms with E-state index in [0.717, 1.165) is 11.3 Å². The first-order valence-corrected chi connectivity index (χ1v) is 8.14. The minimum atomic E-state index is 0.306. The Hall–Kier alpha value is -2.57. The van der Waals surface area contributed by atoms with Crippen molar-refractivity contribution in [2.75, 3.05) is 17.7 Å². The second-order valence-electron chi connectivity index (χ2n) is 5.24. The Balaban J connectivity index is 1.83. The second kappa shape index (κ2) is 7.55. The van der Waals surface area contributed by atoms with Gasteiger partial charge in [0.2, 0.25) is 5.95 Å². The van der Waals surface area contributed by atoms with Crippen molar-refractivity contribution in [3.8, 4) is 5.75 Å². The maximum Gasteiger partial charge on any atom is 0.249 e. The molecule has 0 spiro atoms. The molecule has 0 amide bonds. The van der Waals surface area contributed by atoms with Gasteiger partial charge in [-0.25, -0.2) is 0 Å². The lowest BCUT2D eigenvalue weighted by molar-refractivity contribution is 0.416. The lowest BCUT2D eigenvalue weighted by Gasteiger charge is -2.12. The molecule has 3 rings (SSSR count). The first-order valence-electron chi connectivity index (χ1n) is 7.38. The molecule has 0 bridgehead atoms. The third-order valence-corrected chi connectivity index (χ3v) is 3.90. The SMILES string of the molecule is COc1ccc(C)cc1Nc1cnnc(Nc2ccc(Cl)cc2Cl)n1. The van der Waals surface area contributed by atoms with Crippen LogP contribution >= 0.6 is 23.2 Å². The van der Waals surface area contributed by atoms with Crippen LogP contribution in [0, 0.1) is 6.92 Å². The largest absolute Gasteiger partial charge is 0.495 e. The Morgan fingerprint density at radius 2 is 1.84 bits per heavy atom. The van der Waals surface area contributed by atoms with Gasteiger partial charge in [-0.05, 0) is 42.8 Å². The van der Waals surface area contributed by atoms with E-state index in [1.807, 2.05) is 25.1 Å². The Labute approximate surface area is 155 Å². The van der Waals surface area contributed by atoms with Crippen molar-refractivity contribution in [1.82, 2.24) is 15.2 Å². The highest BCUT2D eigenvalue weighted by molar-refractivity contribution is 6.36. The standard InChI is InChI=1S/C17H15Cl2N5O/c1-10-3-6-15(25-2)14(7-10)21-16-9-20-24-17(23-16)22-13-5-4-11(18)8-12(13)19/h3-9H,1-2H3,(H2,21,22,23,24). The Morgan fingerprint density at radius 3 is 2.60 bits per heavy atom. The van der Waals surface area contributed by atoms with Gasteiger partial charge in [0, 0.05) is 5.02 Å². The van der Waals surface area contributed by atoms with Crippen molar-refractivity contribution in [2.24, 2.45) is 0 Å². The highest BCUT2D eigenvalue weighted by atomic mass is 35.5. The quantitative estimate of drug-likeness (QED) is 0.654. The fourth-order valence-corrected chi connectivity index (χ4v) is 2.64. The Kier molecular flexibility index (Phi) is 5.21. The average molecular weight is 376 g/mol. The molecule has 0 radical (unpaired) electrons. The van der Waals surface area contributed by atoms with Crippen LogP contribution in [0.5, 0.6) is 5.75 Å². The molecule has 25 heavy (non-hydrogen) atoms. The van der Waals surface area contributed by atoms with Gasteiger partial charge in [-0.3, -0.25) is 0 Å². The van der Waals surface area contributed by atoms with E-state index in [2.05, 4.69) is 25.8 Å². The molecule has 0 aliphatic rings. The van der Waals surface area contributed by atoms with Crippen LogP contribution < -0.4 is 15.4 Å². The normalized spacial score (nSPS) is 10.4. The number of hydrogen-bond acceptors (Lipinski definition) is 6. The third kappa shape index (κ3) is 4.29. The number of aromatic nitrogens is 3. The zero-order chi connectivity index (χ0) is 17.8. The molecule has 0 unspecified atom stereocenters. The molecule has 2 aromatic carbocycles. The Morgan fingerprint density at radius 1 is 1.00 bits per heavy atom. The van der Waals surface area contributed by atoms with Crippen molar-refractivity contribution < 1.29 is 4.74 Å². The number of anilines is 4. The van der Waals surface area contributed by atoms with Crippen LogP contribution in [0.15, 0.2) is 42.6 Å². The summed E-state index contributed by atoms with van der Waals surface area (Å²) >= 11 is 12.0. The molecule has 1 heterocycles. The topological polar surface area (TPSA) is 72.0 Å². The summed E-state index contributed by atoms with van der Waals surface area (Å²) in [5, 5.41) is 15.1. The first kappa shape index (κ1) is 17.3. The smallest absolute Gasteiger partial charge is 0.249 e. The lowest BCUT2D eigenvalue weighted by Crippen LogP contribution is -2.03. The van der Waals surface area contributed by atoms with E-state index in [1.165, 1.54) is 6.20 Å². The van der Waals surface area contributed by atoms with Crippen molar-refractivity contribution in [3.63, 3.8) is 0 Å². The van der Waals surface area contributed by atoms with Crippen molar-refractivity contribution in [3.05, 3.63) is 58.2 Å². The van der Waals surface area contributed by atoms with E-state index in [4.69, 9.17) is 27.9 Å². The summed E-state index contributed by atoms with van der Waals surface area (Å²) in [4.78, 5) is 4.39. The molecule has 0 saturated carbocycles. The number of methoxy groups -OCH3 is 1. The molecule has 3 aromatic rings. The molecule has 8 heteroatoms. The van der Waals surface area contributed by atoms with Gasteiger partial charge in [0.15, 0.2) is 5.82 Å². The number of aryl methyl sites for hydroxylation is 1. The van der Waals surface area contributed by atoms with E-state index in [0.29, 0.717) is 33.2 Å². The van der Waals surface area contributed by atoms with E-state index < -0.39 is 0 Å². The maximum atomic E-state index is 6.15. The van der Waals surface area contributed by atoms with Gasteiger partial charge in [0.25, 0.3) is 0 Å². The van der Waals surface area contributed by atoms with Gasteiger partial charge in [0.05, 0.1) is 29.7 Å². The zero-order valence-corrected chi connectivity index (χ0v) is 15.1. The van der Waals surface area contributed by atoms with Gasteiger partial charge in [-0.15, -0.1) is 5.10 Å². The summed E-state index contributed by atoms with van der Waals surface area (Å²) in [6.07, 6.45) is 1.52. The van der Waals surface area contributed by atoms with E-state index >= 15 is 0 Å². The summed E-state index contributed by atoms with van der Waals surface area (Å²) < 4.78 is 5.35. The molecular weight excluding hydrogens is 361 g/mol. The molecule has 0 saturated heterocycles. The van der Waals surface area contributed by atoms with E-state index in [-0.39, 0.29) is 0 Å². The fraction of sp³-hybridized carbons (Fsp3) is 0.118. The molecular formula is C17H15Cl2N5O. The number of benzene rings is 2. The number of rotatable bonds is 5. The molecule has 2 N–H and O–H groups in total. The van der Waals surface area contributed by atoms with Crippen LogP contribution in [0.4, 0.5) is 23.1 Å². The van der Waals surface area contributed by atoms with Gasteiger partial charge >= 0.3 is 0 Å². The molecule has 1 aromatic heterocycles. The van der Waals surface area contributed by atoms with Gasteiger partial charge < -0.3 is 15.4 Å². The predicted octanol–water partition coefficient (Wildman–Crippen LogP) is 4.98. The monoisotopic (exact) mass is 375 g/mol. The van der Waals surface area contributed by atoms with Gasteiger partial charge in [-0.1, -0.05) is 29.3 Å². The minimum absolute atomic E-state index is 0.306. The Bertz CT molecular complexity index is 904. The maximum absolute atomic E-state index is 6.15. The number of hydrogen-bond donors (Lipinski definition) is 2. The fourth-order valence-electron chi connectivity index (χ4n) is 2.19. The first-order chi connectivity index (χ1) is 12.0. The summed E-state index contributed by atoms with van der Waals surface area (Å²) in [5.41, 5.74) is 2.52.